The lowest BCUT2D eigenvalue weighted by molar-refractivity contribution is -0.120. The number of pyridine rings is 1. The Morgan fingerprint density at radius 3 is 2.67 bits per heavy atom. The number of rotatable bonds is 3. The summed E-state index contributed by atoms with van der Waals surface area (Å²) in [6.45, 7) is 0. The molecule has 0 aromatic carbocycles. The number of nitrogens with zero attached hydrogens (tertiary/aromatic N) is 1. The average molecular weight is 226 g/mol. The van der Waals surface area contributed by atoms with Crippen molar-refractivity contribution >= 4 is 15.9 Å². The smallest absolute Gasteiger partial charge is 0.274 e. The van der Waals surface area contributed by atoms with Gasteiger partial charge in [-0.05, 0) is 25.0 Å². The molecule has 0 saturated heterocycles. The minimum absolute atomic E-state index is 0.126. The molecule has 2 rings (SSSR count). The number of aromatic nitrogens is 1. The monoisotopic (exact) mass is 226 g/mol. The summed E-state index contributed by atoms with van der Waals surface area (Å²) in [6, 6.07) is 4.52. The van der Waals surface area contributed by atoms with E-state index in [0.29, 0.717) is 0 Å². The molecule has 1 N–H and O–H groups in total. The van der Waals surface area contributed by atoms with Crippen molar-refractivity contribution < 1.29 is 13.2 Å². The summed E-state index contributed by atoms with van der Waals surface area (Å²) in [4.78, 5) is 15.0. The average Bonchev–Trinajstić information content (AvgIpc) is 3.01. The summed E-state index contributed by atoms with van der Waals surface area (Å²) >= 11 is 0. The third-order valence-corrected chi connectivity index (χ3v) is 3.36. The Labute approximate surface area is 87.6 Å². The zero-order valence-corrected chi connectivity index (χ0v) is 8.70. The molecule has 1 aromatic heterocycles. The molecule has 1 saturated carbocycles. The van der Waals surface area contributed by atoms with E-state index in [0.717, 1.165) is 12.8 Å². The zero-order valence-electron chi connectivity index (χ0n) is 7.88. The van der Waals surface area contributed by atoms with Crippen LogP contribution in [0.5, 0.6) is 0 Å². The predicted molar refractivity (Wildman–Crippen MR) is 52.3 cm³/mol. The number of hydrogen-bond acceptors (Lipinski definition) is 4. The van der Waals surface area contributed by atoms with E-state index < -0.39 is 15.9 Å². The van der Waals surface area contributed by atoms with Crippen LogP contribution in [0.25, 0.3) is 0 Å². The van der Waals surface area contributed by atoms with Gasteiger partial charge in [-0.15, -0.1) is 0 Å². The van der Waals surface area contributed by atoms with Crippen molar-refractivity contribution in [3.63, 3.8) is 0 Å². The second-order valence-electron chi connectivity index (χ2n) is 3.41. The Bertz CT molecular complexity index is 465. The van der Waals surface area contributed by atoms with Crippen molar-refractivity contribution in [2.45, 2.75) is 17.9 Å². The van der Waals surface area contributed by atoms with Crippen LogP contribution in [0.4, 0.5) is 0 Å². The largest absolute Gasteiger partial charge is 0.281 e. The summed E-state index contributed by atoms with van der Waals surface area (Å²) in [5.41, 5.74) is 0. The standard InChI is InChI=1S/C9H10N2O3S/c12-9(7-4-5-7)11-15(13,14)8-3-1-2-6-10-8/h1-3,6-7H,4-5H2,(H,11,12). The maximum Gasteiger partial charge on any atom is 0.281 e. The maximum absolute atomic E-state index is 11.6. The van der Waals surface area contributed by atoms with Crippen LogP contribution < -0.4 is 4.72 Å². The molecule has 0 unspecified atom stereocenters. The molecule has 80 valence electrons. The fourth-order valence-corrected chi connectivity index (χ4v) is 2.11. The van der Waals surface area contributed by atoms with Crippen molar-refractivity contribution in [2.75, 3.05) is 0 Å². The van der Waals surface area contributed by atoms with E-state index in [1.54, 1.807) is 12.1 Å². The molecule has 1 amide bonds. The van der Waals surface area contributed by atoms with Gasteiger partial charge in [0.2, 0.25) is 5.91 Å². The van der Waals surface area contributed by atoms with Gasteiger partial charge in [-0.1, -0.05) is 6.07 Å². The Morgan fingerprint density at radius 2 is 2.13 bits per heavy atom. The lowest BCUT2D eigenvalue weighted by Gasteiger charge is -2.04. The van der Waals surface area contributed by atoms with E-state index in [-0.39, 0.29) is 10.9 Å². The summed E-state index contributed by atoms with van der Waals surface area (Å²) in [7, 11) is -3.78. The Morgan fingerprint density at radius 1 is 1.40 bits per heavy atom. The van der Waals surface area contributed by atoms with E-state index in [9.17, 15) is 13.2 Å². The van der Waals surface area contributed by atoms with E-state index in [1.807, 2.05) is 4.72 Å². The van der Waals surface area contributed by atoms with Crippen LogP contribution in [0.3, 0.4) is 0 Å². The molecule has 15 heavy (non-hydrogen) atoms. The number of hydrogen-bond donors (Lipinski definition) is 1. The highest BCUT2D eigenvalue weighted by atomic mass is 32.2. The lowest BCUT2D eigenvalue weighted by Crippen LogP contribution is -2.32. The van der Waals surface area contributed by atoms with Crippen LogP contribution in [0, 0.1) is 5.92 Å². The molecule has 0 spiro atoms. The van der Waals surface area contributed by atoms with Crippen molar-refractivity contribution in [3.8, 4) is 0 Å². The Balaban J connectivity index is 2.16. The first kappa shape index (κ1) is 10.1. The zero-order chi connectivity index (χ0) is 10.9. The molecular formula is C9H10N2O3S. The molecule has 5 nitrogen and oxygen atoms in total. The van der Waals surface area contributed by atoms with Gasteiger partial charge < -0.3 is 0 Å². The van der Waals surface area contributed by atoms with Gasteiger partial charge in [0.05, 0.1) is 0 Å². The summed E-state index contributed by atoms with van der Waals surface area (Å²) in [5.74, 6) is -0.566. The van der Waals surface area contributed by atoms with Crippen molar-refractivity contribution in [1.29, 1.82) is 0 Å². The molecule has 0 radical (unpaired) electrons. The minimum atomic E-state index is -3.78. The normalized spacial score (nSPS) is 16.0. The summed E-state index contributed by atoms with van der Waals surface area (Å²) in [6.07, 6.45) is 2.91. The third-order valence-electron chi connectivity index (χ3n) is 2.10. The number of carbonyl (C=O) groups is 1. The van der Waals surface area contributed by atoms with Gasteiger partial charge in [-0.25, -0.2) is 9.71 Å². The van der Waals surface area contributed by atoms with Crippen LogP contribution in [0.1, 0.15) is 12.8 Å². The van der Waals surface area contributed by atoms with Crippen LogP contribution in [0.15, 0.2) is 29.4 Å². The lowest BCUT2D eigenvalue weighted by atomic mass is 10.4. The molecule has 1 aliphatic rings. The van der Waals surface area contributed by atoms with Crippen LogP contribution in [-0.2, 0) is 14.8 Å². The van der Waals surface area contributed by atoms with Gasteiger partial charge in [-0.2, -0.15) is 8.42 Å². The molecule has 1 heterocycles. The molecular weight excluding hydrogens is 216 g/mol. The van der Waals surface area contributed by atoms with E-state index in [4.69, 9.17) is 0 Å². The van der Waals surface area contributed by atoms with Gasteiger partial charge in [0.15, 0.2) is 5.03 Å². The predicted octanol–water partition coefficient (Wildman–Crippen LogP) is 0.296. The Kier molecular flexibility index (Phi) is 2.44. The molecule has 0 bridgehead atoms. The molecule has 1 aliphatic carbocycles. The highest BCUT2D eigenvalue weighted by Crippen LogP contribution is 2.29. The van der Waals surface area contributed by atoms with Crippen LogP contribution >= 0.6 is 0 Å². The fraction of sp³-hybridized carbons (Fsp3) is 0.333. The van der Waals surface area contributed by atoms with Crippen LogP contribution in [-0.4, -0.2) is 19.3 Å². The second kappa shape index (κ2) is 3.62. The van der Waals surface area contributed by atoms with Crippen molar-refractivity contribution in [2.24, 2.45) is 5.92 Å². The quantitative estimate of drug-likeness (QED) is 0.804. The topological polar surface area (TPSA) is 76.1 Å². The molecule has 0 atom stereocenters. The molecule has 6 heteroatoms. The third kappa shape index (κ3) is 2.33. The summed E-state index contributed by atoms with van der Waals surface area (Å²) in [5, 5.41) is -0.126. The van der Waals surface area contributed by atoms with Gasteiger partial charge >= 0.3 is 0 Å². The highest BCUT2D eigenvalue weighted by Gasteiger charge is 2.32. The first-order valence-electron chi connectivity index (χ1n) is 4.57. The first-order chi connectivity index (χ1) is 7.09. The SMILES string of the molecule is O=C(NS(=O)(=O)c1ccccn1)C1CC1. The highest BCUT2D eigenvalue weighted by molar-refractivity contribution is 7.90. The molecule has 0 aliphatic heterocycles. The van der Waals surface area contributed by atoms with Gasteiger partial charge in [0.1, 0.15) is 0 Å². The fourth-order valence-electron chi connectivity index (χ4n) is 1.12. The van der Waals surface area contributed by atoms with Crippen molar-refractivity contribution in [1.82, 2.24) is 9.71 Å². The number of nitrogens with one attached hydrogen (secondary N) is 1. The van der Waals surface area contributed by atoms with Gasteiger partial charge in [0, 0.05) is 12.1 Å². The minimum Gasteiger partial charge on any atom is -0.274 e. The van der Waals surface area contributed by atoms with Gasteiger partial charge in [0.25, 0.3) is 10.0 Å². The van der Waals surface area contributed by atoms with E-state index in [2.05, 4.69) is 4.98 Å². The molecule has 1 aromatic rings. The van der Waals surface area contributed by atoms with Crippen LogP contribution in [0.2, 0.25) is 0 Å². The number of sulfonamides is 1. The maximum atomic E-state index is 11.6. The van der Waals surface area contributed by atoms with Crippen molar-refractivity contribution in [3.05, 3.63) is 24.4 Å². The van der Waals surface area contributed by atoms with E-state index in [1.165, 1.54) is 12.3 Å². The first-order valence-corrected chi connectivity index (χ1v) is 6.05. The second-order valence-corrected chi connectivity index (χ2v) is 5.04. The number of amides is 1. The van der Waals surface area contributed by atoms with E-state index >= 15 is 0 Å². The summed E-state index contributed by atoms with van der Waals surface area (Å²) < 4.78 is 25.2. The molecule has 1 fully saturated rings. The number of carbonyl (C=O) groups excluding carboxylic acids is 1. The van der Waals surface area contributed by atoms with Gasteiger partial charge in [-0.3, -0.25) is 4.79 Å². The Hall–Kier alpha value is -1.43.